The Labute approximate surface area is 170 Å². The van der Waals surface area contributed by atoms with Crippen LogP contribution in [0.4, 0.5) is 5.69 Å². The zero-order valence-electron chi connectivity index (χ0n) is 16.9. The van der Waals surface area contributed by atoms with E-state index in [9.17, 15) is 14.4 Å². The first-order chi connectivity index (χ1) is 13.9. The maximum absolute atomic E-state index is 12.0. The summed E-state index contributed by atoms with van der Waals surface area (Å²) in [5, 5.41) is 5.29. The molecule has 2 N–H and O–H groups in total. The van der Waals surface area contributed by atoms with Crippen molar-refractivity contribution in [2.45, 2.75) is 27.2 Å². The number of carbonyl (C=O) groups excluding carboxylic acids is 3. The molecule has 0 fully saturated rings. The standard InChI is InChI=1S/C22H26N2O5/c1-4-23-22(27)17-6-5-7-18(13-17)24-20(25)14-29-21(26)10-11-28-19-12-15(2)8-9-16(19)3/h5-9,12-13H,4,10-11,14H2,1-3H3,(H,23,27)(H,24,25). The molecule has 2 aromatic rings. The largest absolute Gasteiger partial charge is 0.493 e. The van der Waals surface area contributed by atoms with Gasteiger partial charge in [-0.25, -0.2) is 0 Å². The van der Waals surface area contributed by atoms with Crippen LogP contribution in [-0.2, 0) is 14.3 Å². The van der Waals surface area contributed by atoms with Crippen molar-refractivity contribution in [2.24, 2.45) is 0 Å². The van der Waals surface area contributed by atoms with E-state index in [1.165, 1.54) is 0 Å². The van der Waals surface area contributed by atoms with Gasteiger partial charge in [0.2, 0.25) is 0 Å². The quantitative estimate of drug-likeness (QED) is 0.634. The molecule has 0 radical (unpaired) electrons. The van der Waals surface area contributed by atoms with Gasteiger partial charge in [0.15, 0.2) is 6.61 Å². The first-order valence-corrected chi connectivity index (χ1v) is 9.43. The smallest absolute Gasteiger partial charge is 0.309 e. The number of hydrogen-bond donors (Lipinski definition) is 2. The van der Waals surface area contributed by atoms with E-state index < -0.39 is 18.5 Å². The van der Waals surface area contributed by atoms with Crippen molar-refractivity contribution in [1.29, 1.82) is 0 Å². The predicted molar refractivity (Wildman–Crippen MR) is 110 cm³/mol. The summed E-state index contributed by atoms with van der Waals surface area (Å²) in [6.45, 7) is 5.99. The third-order valence-electron chi connectivity index (χ3n) is 4.02. The molecule has 0 saturated heterocycles. The lowest BCUT2D eigenvalue weighted by molar-refractivity contribution is -0.147. The molecule has 0 unspecified atom stereocenters. The van der Waals surface area contributed by atoms with Gasteiger partial charge in [-0.15, -0.1) is 0 Å². The summed E-state index contributed by atoms with van der Waals surface area (Å²) in [5.41, 5.74) is 2.94. The number of esters is 1. The second-order valence-corrected chi connectivity index (χ2v) is 6.52. The first kappa shape index (κ1) is 21.9. The summed E-state index contributed by atoms with van der Waals surface area (Å²) in [6, 6.07) is 12.4. The molecule has 29 heavy (non-hydrogen) atoms. The molecule has 0 aromatic heterocycles. The average Bonchev–Trinajstić information content (AvgIpc) is 2.69. The van der Waals surface area contributed by atoms with Crippen LogP contribution in [0.3, 0.4) is 0 Å². The number of ether oxygens (including phenoxy) is 2. The highest BCUT2D eigenvalue weighted by Gasteiger charge is 2.10. The number of rotatable bonds is 9. The highest BCUT2D eigenvalue weighted by molar-refractivity contribution is 5.97. The van der Waals surface area contributed by atoms with Gasteiger partial charge in [-0.1, -0.05) is 18.2 Å². The fraction of sp³-hybridized carbons (Fsp3) is 0.318. The number of amides is 2. The van der Waals surface area contributed by atoms with Gasteiger partial charge in [0, 0.05) is 17.8 Å². The molecule has 7 heteroatoms. The summed E-state index contributed by atoms with van der Waals surface area (Å²) in [7, 11) is 0. The zero-order chi connectivity index (χ0) is 21.2. The summed E-state index contributed by atoms with van der Waals surface area (Å²) >= 11 is 0. The third-order valence-corrected chi connectivity index (χ3v) is 4.02. The minimum absolute atomic E-state index is 0.0351. The van der Waals surface area contributed by atoms with Crippen molar-refractivity contribution in [1.82, 2.24) is 5.32 Å². The first-order valence-electron chi connectivity index (χ1n) is 9.43. The van der Waals surface area contributed by atoms with Crippen LogP contribution in [0.5, 0.6) is 5.75 Å². The van der Waals surface area contributed by atoms with Crippen LogP contribution in [0.25, 0.3) is 0 Å². The van der Waals surface area contributed by atoms with Crippen molar-refractivity contribution < 1.29 is 23.9 Å². The van der Waals surface area contributed by atoms with Crippen LogP contribution in [0.1, 0.15) is 34.8 Å². The Kier molecular flexibility index (Phi) is 8.21. The Morgan fingerprint density at radius 3 is 2.59 bits per heavy atom. The van der Waals surface area contributed by atoms with Crippen LogP contribution in [0, 0.1) is 13.8 Å². The van der Waals surface area contributed by atoms with Gasteiger partial charge in [0.1, 0.15) is 5.75 Å². The third kappa shape index (κ3) is 7.29. The second kappa shape index (κ2) is 10.8. The molecular weight excluding hydrogens is 372 g/mol. The van der Waals surface area contributed by atoms with E-state index in [1.807, 2.05) is 39.0 Å². The van der Waals surface area contributed by atoms with Gasteiger partial charge in [0.05, 0.1) is 13.0 Å². The lowest BCUT2D eigenvalue weighted by Crippen LogP contribution is -2.24. The van der Waals surface area contributed by atoms with Crippen molar-refractivity contribution >= 4 is 23.5 Å². The monoisotopic (exact) mass is 398 g/mol. The van der Waals surface area contributed by atoms with Crippen molar-refractivity contribution in [2.75, 3.05) is 25.1 Å². The normalized spacial score (nSPS) is 10.2. The predicted octanol–water partition coefficient (Wildman–Crippen LogP) is 3.00. The Morgan fingerprint density at radius 2 is 1.83 bits per heavy atom. The molecule has 154 valence electrons. The number of hydrogen-bond acceptors (Lipinski definition) is 5. The maximum atomic E-state index is 12.0. The summed E-state index contributed by atoms with van der Waals surface area (Å²) in [6.07, 6.45) is 0.0351. The summed E-state index contributed by atoms with van der Waals surface area (Å²) in [5.74, 6) is -0.509. The zero-order valence-corrected chi connectivity index (χ0v) is 16.9. The van der Waals surface area contributed by atoms with Crippen molar-refractivity contribution in [3.8, 4) is 5.75 Å². The topological polar surface area (TPSA) is 93.7 Å². The fourth-order valence-corrected chi connectivity index (χ4v) is 2.52. The maximum Gasteiger partial charge on any atom is 0.309 e. The molecule has 2 amide bonds. The minimum Gasteiger partial charge on any atom is -0.493 e. The molecule has 0 aliphatic rings. The molecule has 0 saturated carbocycles. The molecule has 7 nitrogen and oxygen atoms in total. The number of carbonyl (C=O) groups is 3. The van der Waals surface area contributed by atoms with E-state index in [0.717, 1.165) is 16.9 Å². The van der Waals surface area contributed by atoms with Gasteiger partial charge in [-0.2, -0.15) is 0 Å². The van der Waals surface area contributed by atoms with Crippen LogP contribution < -0.4 is 15.4 Å². The van der Waals surface area contributed by atoms with E-state index in [2.05, 4.69) is 10.6 Å². The van der Waals surface area contributed by atoms with Gasteiger partial charge in [-0.05, 0) is 56.2 Å². The fourth-order valence-electron chi connectivity index (χ4n) is 2.52. The molecule has 0 atom stereocenters. The molecule has 2 aromatic carbocycles. The lowest BCUT2D eigenvalue weighted by atomic mass is 10.1. The SMILES string of the molecule is CCNC(=O)c1cccc(NC(=O)COC(=O)CCOc2cc(C)ccc2C)c1. The average molecular weight is 398 g/mol. The Morgan fingerprint density at radius 1 is 1.03 bits per heavy atom. The number of benzene rings is 2. The van der Waals surface area contributed by atoms with E-state index in [-0.39, 0.29) is 18.9 Å². The van der Waals surface area contributed by atoms with Gasteiger partial charge in [0.25, 0.3) is 11.8 Å². The van der Waals surface area contributed by atoms with Crippen LogP contribution in [0.15, 0.2) is 42.5 Å². The number of aryl methyl sites for hydroxylation is 2. The van der Waals surface area contributed by atoms with Gasteiger partial charge < -0.3 is 20.1 Å². The highest BCUT2D eigenvalue weighted by atomic mass is 16.5. The van der Waals surface area contributed by atoms with Crippen molar-refractivity contribution in [3.63, 3.8) is 0 Å². The summed E-state index contributed by atoms with van der Waals surface area (Å²) in [4.78, 5) is 35.6. The van der Waals surface area contributed by atoms with Gasteiger partial charge >= 0.3 is 5.97 Å². The lowest BCUT2D eigenvalue weighted by Gasteiger charge is -2.10. The van der Waals surface area contributed by atoms with E-state index in [4.69, 9.17) is 9.47 Å². The van der Waals surface area contributed by atoms with Crippen molar-refractivity contribution in [3.05, 3.63) is 59.2 Å². The number of nitrogens with one attached hydrogen (secondary N) is 2. The molecule has 0 bridgehead atoms. The molecule has 2 rings (SSSR count). The Bertz CT molecular complexity index is 879. The Hall–Kier alpha value is -3.35. The highest BCUT2D eigenvalue weighted by Crippen LogP contribution is 2.19. The molecule has 0 aliphatic heterocycles. The van der Waals surface area contributed by atoms with Crippen LogP contribution in [0.2, 0.25) is 0 Å². The molecule has 0 heterocycles. The molecule has 0 aliphatic carbocycles. The van der Waals surface area contributed by atoms with Crippen LogP contribution >= 0.6 is 0 Å². The van der Waals surface area contributed by atoms with E-state index in [0.29, 0.717) is 17.8 Å². The summed E-state index contributed by atoms with van der Waals surface area (Å²) < 4.78 is 10.6. The second-order valence-electron chi connectivity index (χ2n) is 6.52. The van der Waals surface area contributed by atoms with Gasteiger partial charge in [-0.3, -0.25) is 14.4 Å². The minimum atomic E-state index is -0.526. The Balaban J connectivity index is 1.74. The van der Waals surface area contributed by atoms with E-state index >= 15 is 0 Å². The number of anilines is 1. The van der Waals surface area contributed by atoms with Crippen LogP contribution in [-0.4, -0.2) is 37.5 Å². The molecular formula is C22H26N2O5. The molecule has 0 spiro atoms. The van der Waals surface area contributed by atoms with E-state index in [1.54, 1.807) is 24.3 Å².